The van der Waals surface area contributed by atoms with Crippen molar-refractivity contribution in [3.05, 3.63) is 23.6 Å². The van der Waals surface area contributed by atoms with Gasteiger partial charge in [-0.05, 0) is 91.4 Å². The number of halogens is 3. The van der Waals surface area contributed by atoms with E-state index in [1.165, 1.54) is 13.2 Å². The Morgan fingerprint density at radius 3 is 2.44 bits per heavy atom. The molecule has 3 N–H and O–H groups in total. The lowest BCUT2D eigenvalue weighted by atomic mass is 9.43. The summed E-state index contributed by atoms with van der Waals surface area (Å²) in [6.07, 6.45) is 4.53. The quantitative estimate of drug-likeness (QED) is 0.369. The second kappa shape index (κ2) is 10.5. The van der Waals surface area contributed by atoms with Gasteiger partial charge in [-0.1, -0.05) is 33.6 Å². The number of aromatic nitrogens is 1. The van der Waals surface area contributed by atoms with Crippen molar-refractivity contribution in [3.63, 3.8) is 0 Å². The summed E-state index contributed by atoms with van der Waals surface area (Å²) in [4.78, 5) is 3.92. The summed E-state index contributed by atoms with van der Waals surface area (Å²) in [6, 6.07) is 1.27. The Balaban J connectivity index is 1.27. The number of aliphatic hydroxyl groups excluding tert-OH is 3. The molecular weight excluding hydrogens is 507 g/mol. The third-order valence-electron chi connectivity index (χ3n) is 12.0. The minimum absolute atomic E-state index is 0.0475. The largest absolute Gasteiger partial charge is 0.481 e. The van der Waals surface area contributed by atoms with Gasteiger partial charge in [0.25, 0.3) is 5.92 Å². The van der Waals surface area contributed by atoms with E-state index in [0.29, 0.717) is 36.7 Å². The fourth-order valence-corrected chi connectivity index (χ4v) is 10.0. The maximum Gasteiger partial charge on any atom is 0.251 e. The van der Waals surface area contributed by atoms with Gasteiger partial charge in [-0.2, -0.15) is 0 Å². The van der Waals surface area contributed by atoms with Crippen LogP contribution in [0.5, 0.6) is 5.88 Å². The van der Waals surface area contributed by atoms with E-state index in [-0.39, 0.29) is 35.0 Å². The van der Waals surface area contributed by atoms with E-state index in [1.807, 2.05) is 0 Å². The van der Waals surface area contributed by atoms with Crippen LogP contribution in [0.4, 0.5) is 13.2 Å². The standard InChI is InChI=1S/C31H46F3NO4/c1-17(6-5-7-24(36)19-14-18(32)16-35-28(19)39-4)20-8-9-21-26-22(10-12-29(20,21)2)30(3)13-11-25(37)27(38)23(30)15-31(26,33)34/h14,16-17,20-27,36-38H,5-13,15H2,1-4H3/t17-,20-,21+,22+,23+,24?,25+,26+,27-,29-,30-/m1/s1. The molecule has 4 aliphatic rings. The SMILES string of the molecule is COc1ncc(F)cc1C(O)CCC[C@@H](C)[C@H]1CC[C@H]2[C@H]3[C@H](CC[C@]12C)[C@@]1(C)CC[C@H](O)[C@H](O)[C@@H]1CC3(F)F. The smallest absolute Gasteiger partial charge is 0.251 e. The number of aliphatic hydroxyl groups is 3. The van der Waals surface area contributed by atoms with E-state index in [2.05, 4.69) is 25.8 Å². The van der Waals surface area contributed by atoms with Crippen LogP contribution in [0.25, 0.3) is 0 Å². The van der Waals surface area contributed by atoms with E-state index < -0.39 is 41.9 Å². The first-order chi connectivity index (χ1) is 18.3. The van der Waals surface area contributed by atoms with Crippen molar-refractivity contribution in [2.45, 2.75) is 109 Å². The monoisotopic (exact) mass is 553 g/mol. The zero-order valence-corrected chi connectivity index (χ0v) is 23.8. The molecule has 0 aromatic carbocycles. The second-order valence-corrected chi connectivity index (χ2v) is 13.8. The number of rotatable bonds is 7. The Labute approximate surface area is 230 Å². The Bertz CT molecular complexity index is 1040. The van der Waals surface area contributed by atoms with Crippen molar-refractivity contribution in [3.8, 4) is 5.88 Å². The van der Waals surface area contributed by atoms with E-state index in [1.54, 1.807) is 0 Å². The molecule has 39 heavy (non-hydrogen) atoms. The highest BCUT2D eigenvalue weighted by Crippen LogP contribution is 2.71. The van der Waals surface area contributed by atoms with Gasteiger partial charge in [-0.3, -0.25) is 0 Å². The summed E-state index contributed by atoms with van der Waals surface area (Å²) in [5.74, 6) is -3.89. The molecule has 1 unspecified atom stereocenters. The average molecular weight is 554 g/mol. The predicted octanol–water partition coefficient (Wildman–Crippen LogP) is 6.30. The Morgan fingerprint density at radius 1 is 1.03 bits per heavy atom. The summed E-state index contributed by atoms with van der Waals surface area (Å²) in [5.41, 5.74) is -0.170. The molecule has 4 saturated carbocycles. The van der Waals surface area contributed by atoms with Crippen molar-refractivity contribution in [1.82, 2.24) is 4.98 Å². The molecule has 1 heterocycles. The minimum atomic E-state index is -2.85. The van der Waals surface area contributed by atoms with Crippen molar-refractivity contribution in [2.24, 2.45) is 46.3 Å². The average Bonchev–Trinajstić information content (AvgIpc) is 3.24. The molecule has 0 saturated heterocycles. The zero-order chi connectivity index (χ0) is 28.3. The number of methoxy groups -OCH3 is 1. The second-order valence-electron chi connectivity index (χ2n) is 13.8. The maximum absolute atomic E-state index is 16.0. The highest BCUT2D eigenvalue weighted by Gasteiger charge is 2.69. The number of alkyl halides is 2. The molecule has 1 aromatic rings. The third-order valence-corrected chi connectivity index (χ3v) is 12.0. The predicted molar refractivity (Wildman–Crippen MR) is 142 cm³/mol. The van der Waals surface area contributed by atoms with Gasteiger partial charge in [0.2, 0.25) is 5.88 Å². The van der Waals surface area contributed by atoms with Crippen LogP contribution in [-0.2, 0) is 0 Å². The molecule has 8 heteroatoms. The van der Waals surface area contributed by atoms with E-state index >= 15 is 8.78 Å². The van der Waals surface area contributed by atoms with Crippen LogP contribution in [-0.4, -0.2) is 45.5 Å². The Morgan fingerprint density at radius 2 is 1.72 bits per heavy atom. The normalized spacial score (nSPS) is 42.7. The van der Waals surface area contributed by atoms with Gasteiger partial charge in [0.05, 0.1) is 31.6 Å². The molecule has 4 aliphatic carbocycles. The van der Waals surface area contributed by atoms with E-state index in [4.69, 9.17) is 4.74 Å². The summed E-state index contributed by atoms with van der Waals surface area (Å²) >= 11 is 0. The fraction of sp³-hybridized carbons (Fsp3) is 0.839. The topological polar surface area (TPSA) is 82.8 Å². The Kier molecular flexibility index (Phi) is 7.82. The van der Waals surface area contributed by atoms with Gasteiger partial charge in [0.1, 0.15) is 5.82 Å². The molecule has 0 aliphatic heterocycles. The first kappa shape index (κ1) is 29.1. The van der Waals surface area contributed by atoms with Gasteiger partial charge in [0.15, 0.2) is 0 Å². The van der Waals surface area contributed by atoms with Crippen LogP contribution in [0, 0.1) is 52.2 Å². The lowest BCUT2D eigenvalue weighted by molar-refractivity contribution is -0.258. The minimum Gasteiger partial charge on any atom is -0.481 e. The lowest BCUT2D eigenvalue weighted by Crippen LogP contribution is -2.64. The highest BCUT2D eigenvalue weighted by molar-refractivity contribution is 5.28. The molecule has 5 nitrogen and oxygen atoms in total. The molecule has 0 spiro atoms. The molecule has 220 valence electrons. The van der Waals surface area contributed by atoms with E-state index in [0.717, 1.165) is 44.7 Å². The van der Waals surface area contributed by atoms with Gasteiger partial charge in [-0.25, -0.2) is 18.2 Å². The van der Waals surface area contributed by atoms with Gasteiger partial charge >= 0.3 is 0 Å². The van der Waals surface area contributed by atoms with Crippen molar-refractivity contribution in [1.29, 1.82) is 0 Å². The van der Waals surface area contributed by atoms with Crippen molar-refractivity contribution >= 4 is 0 Å². The molecule has 0 amide bonds. The molecule has 0 bridgehead atoms. The van der Waals surface area contributed by atoms with E-state index in [9.17, 15) is 19.7 Å². The molecule has 0 radical (unpaired) electrons. The Hall–Kier alpha value is -1.38. The number of ether oxygens (including phenoxy) is 1. The fourth-order valence-electron chi connectivity index (χ4n) is 10.0. The molecular formula is C31H46F3NO4. The van der Waals surface area contributed by atoms with Crippen LogP contribution >= 0.6 is 0 Å². The van der Waals surface area contributed by atoms with Crippen LogP contribution in [0.1, 0.15) is 96.6 Å². The van der Waals surface area contributed by atoms with Gasteiger partial charge in [-0.15, -0.1) is 0 Å². The number of fused-ring (bicyclic) bond motifs is 5. The number of nitrogens with zero attached hydrogens (tertiary/aromatic N) is 1. The molecule has 5 rings (SSSR count). The van der Waals surface area contributed by atoms with Crippen molar-refractivity contribution < 1.29 is 33.2 Å². The summed E-state index contributed by atoms with van der Waals surface area (Å²) in [5, 5.41) is 31.7. The summed E-state index contributed by atoms with van der Waals surface area (Å²) < 4.78 is 50.9. The highest BCUT2D eigenvalue weighted by atomic mass is 19.3. The molecule has 11 atom stereocenters. The lowest BCUT2D eigenvalue weighted by Gasteiger charge is -2.63. The number of pyridine rings is 1. The van der Waals surface area contributed by atoms with Crippen LogP contribution in [0.15, 0.2) is 12.3 Å². The van der Waals surface area contributed by atoms with Gasteiger partial charge in [0, 0.05) is 17.9 Å². The number of hydrogen-bond acceptors (Lipinski definition) is 5. The maximum atomic E-state index is 16.0. The van der Waals surface area contributed by atoms with Crippen LogP contribution in [0.3, 0.4) is 0 Å². The van der Waals surface area contributed by atoms with Crippen LogP contribution in [0.2, 0.25) is 0 Å². The summed E-state index contributed by atoms with van der Waals surface area (Å²) in [6.45, 7) is 6.56. The van der Waals surface area contributed by atoms with Gasteiger partial charge < -0.3 is 20.1 Å². The van der Waals surface area contributed by atoms with Crippen LogP contribution < -0.4 is 4.74 Å². The van der Waals surface area contributed by atoms with Crippen molar-refractivity contribution in [2.75, 3.05) is 7.11 Å². The third kappa shape index (κ3) is 4.80. The summed E-state index contributed by atoms with van der Waals surface area (Å²) in [7, 11) is 1.45. The molecule has 1 aromatic heterocycles. The molecule has 4 fully saturated rings. The number of hydrogen-bond donors (Lipinski definition) is 3. The first-order valence-electron chi connectivity index (χ1n) is 14.9. The first-order valence-corrected chi connectivity index (χ1v) is 14.9. The zero-order valence-electron chi connectivity index (χ0n) is 23.8.